The molecule has 0 amide bonds. The third-order valence-corrected chi connectivity index (χ3v) is 13.3. The van der Waals surface area contributed by atoms with Gasteiger partial charge in [-0.1, -0.05) is 20.1 Å². The minimum atomic E-state index is -1.21. The third-order valence-electron chi connectivity index (χ3n) is 13.3. The summed E-state index contributed by atoms with van der Waals surface area (Å²) in [4.78, 5) is 13.8. The van der Waals surface area contributed by atoms with Gasteiger partial charge in [0.2, 0.25) is 0 Å². The normalized spacial score (nSPS) is 54.1. The zero-order valence-corrected chi connectivity index (χ0v) is 29.7. The van der Waals surface area contributed by atoms with Crippen molar-refractivity contribution in [3.8, 4) is 0 Å². The Bertz CT molecular complexity index is 1360. The molecular weight excluding hydrogens is 664 g/mol. The molecule has 10 fully saturated rings. The second-order valence-corrected chi connectivity index (χ2v) is 16.5. The van der Waals surface area contributed by atoms with Gasteiger partial charge < -0.3 is 57.6 Å². The number of fused-ring (bicyclic) bond motifs is 6. The molecule has 0 radical (unpaired) electrons. The predicted octanol–water partition coefficient (Wildman–Crippen LogP) is 2.42. The van der Waals surface area contributed by atoms with Gasteiger partial charge in [0.15, 0.2) is 11.9 Å². The van der Waals surface area contributed by atoms with Crippen molar-refractivity contribution in [2.45, 2.75) is 187 Å². The van der Waals surface area contributed by atoms with E-state index in [1.54, 1.807) is 0 Å². The van der Waals surface area contributed by atoms with Gasteiger partial charge in [-0.15, -0.1) is 0 Å². The highest BCUT2D eigenvalue weighted by atomic mass is 16.8. The van der Waals surface area contributed by atoms with E-state index in [2.05, 4.69) is 20.1 Å². The molecule has 51 heavy (non-hydrogen) atoms. The van der Waals surface area contributed by atoms with E-state index in [9.17, 15) is 15.0 Å². The number of hydrogen-bond acceptors (Lipinski definition) is 13. The molecule has 13 nitrogen and oxygen atoms in total. The van der Waals surface area contributed by atoms with Crippen molar-refractivity contribution in [1.29, 1.82) is 0 Å². The predicted molar refractivity (Wildman–Crippen MR) is 176 cm³/mol. The summed E-state index contributed by atoms with van der Waals surface area (Å²) < 4.78 is 64.9. The summed E-state index contributed by atoms with van der Waals surface area (Å²) in [7, 11) is 1.46. The van der Waals surface area contributed by atoms with Gasteiger partial charge in [-0.05, 0) is 62.0 Å². The quantitative estimate of drug-likeness (QED) is 0.318. The maximum Gasteiger partial charge on any atom is 0.308 e. The topological polar surface area (TPSA) is 150 Å². The first-order valence-corrected chi connectivity index (χ1v) is 19.3. The van der Waals surface area contributed by atoms with Crippen molar-refractivity contribution < 1.29 is 62.4 Å². The number of carbonyl (C=O) groups is 1. The molecule has 10 saturated heterocycles. The Balaban J connectivity index is 1.00. The van der Waals surface area contributed by atoms with Crippen molar-refractivity contribution in [3.05, 3.63) is 24.3 Å². The van der Waals surface area contributed by atoms with Crippen LogP contribution in [0.3, 0.4) is 0 Å². The molecule has 13 heteroatoms. The fourth-order valence-electron chi connectivity index (χ4n) is 10.6. The number of methoxy groups -OCH3 is 1. The Kier molecular flexibility index (Phi) is 9.44. The highest BCUT2D eigenvalue weighted by Gasteiger charge is 2.68. The summed E-state index contributed by atoms with van der Waals surface area (Å²) >= 11 is 0. The van der Waals surface area contributed by atoms with Gasteiger partial charge in [0, 0.05) is 26.4 Å². The van der Waals surface area contributed by atoms with Crippen molar-refractivity contribution in [2.24, 2.45) is 5.92 Å². The maximum absolute atomic E-state index is 13.8. The Morgan fingerprint density at radius 1 is 0.765 bits per heavy atom. The minimum absolute atomic E-state index is 0.00716. The van der Waals surface area contributed by atoms with Gasteiger partial charge in [-0.2, -0.15) is 0 Å². The summed E-state index contributed by atoms with van der Waals surface area (Å²) in [6.45, 7) is 10.5. The lowest BCUT2D eigenvalue weighted by molar-refractivity contribution is -0.293. The fourth-order valence-corrected chi connectivity index (χ4v) is 10.6. The zero-order valence-electron chi connectivity index (χ0n) is 29.7. The van der Waals surface area contributed by atoms with Crippen LogP contribution in [0.5, 0.6) is 0 Å². The van der Waals surface area contributed by atoms with E-state index < -0.39 is 67.2 Å². The van der Waals surface area contributed by atoms with E-state index in [0.29, 0.717) is 32.1 Å². The van der Waals surface area contributed by atoms with Crippen LogP contribution in [0.15, 0.2) is 24.3 Å². The second kappa shape index (κ2) is 13.7. The number of carbonyl (C=O) groups excluding carboxylic acids is 1. The zero-order chi connectivity index (χ0) is 35.2. The van der Waals surface area contributed by atoms with E-state index in [1.807, 2.05) is 0 Å². The second-order valence-electron chi connectivity index (χ2n) is 16.5. The summed E-state index contributed by atoms with van der Waals surface area (Å²) in [5.74, 6) is -1.11. The van der Waals surface area contributed by atoms with E-state index in [0.717, 1.165) is 43.3 Å². The summed E-state index contributed by atoms with van der Waals surface area (Å²) in [6, 6.07) is 0. The summed E-state index contributed by atoms with van der Waals surface area (Å²) in [5, 5.41) is 21.2. The molecule has 1 spiro atoms. The molecule has 10 aliphatic heterocycles. The summed E-state index contributed by atoms with van der Waals surface area (Å²) in [5.41, 5.74) is 2.05. The number of aliphatic hydroxyl groups excluding tert-OH is 2. The number of esters is 1. The van der Waals surface area contributed by atoms with Crippen LogP contribution in [-0.4, -0.2) is 139 Å². The Morgan fingerprint density at radius 2 is 1.51 bits per heavy atom. The molecular formula is C38H54O13. The first kappa shape index (κ1) is 35.2. The largest absolute Gasteiger partial charge is 0.457 e. The van der Waals surface area contributed by atoms with Gasteiger partial charge in [-0.3, -0.25) is 4.79 Å². The Labute approximate surface area is 299 Å². The van der Waals surface area contributed by atoms with E-state index in [4.69, 9.17) is 47.4 Å². The number of hydrogen-bond donors (Lipinski definition) is 2. The first-order chi connectivity index (χ1) is 24.6. The lowest BCUT2D eigenvalue weighted by atomic mass is 9.83. The van der Waals surface area contributed by atoms with Crippen LogP contribution < -0.4 is 0 Å². The third kappa shape index (κ3) is 6.26. The first-order valence-electron chi connectivity index (χ1n) is 19.3. The van der Waals surface area contributed by atoms with Gasteiger partial charge in [0.05, 0.1) is 55.8 Å². The SMILES string of the molecule is C=C1C[C@@H]2CC[C@@]34C[C@@H]5O[C@@H]6C(O[C@H]7CC[C@H](CC(=O)O[C@@H]8[C@@H](OC)[C@H](O)[C@H](CO)O[C@H]8C[C@H]8O[C@@H](CC[C@@H]1O2)C[C@@H](C)C8=C)O[C@@H]7[C@@H]6O3)[C@H]5O4. The molecule has 0 aromatic rings. The van der Waals surface area contributed by atoms with Crippen LogP contribution >= 0.6 is 0 Å². The van der Waals surface area contributed by atoms with Crippen LogP contribution in [-0.2, 0) is 52.2 Å². The van der Waals surface area contributed by atoms with Crippen molar-refractivity contribution >= 4 is 5.97 Å². The minimum Gasteiger partial charge on any atom is -0.457 e. The molecule has 10 aliphatic rings. The molecule has 10 rings (SSSR count). The molecule has 0 aromatic heterocycles. The van der Waals surface area contributed by atoms with Crippen molar-refractivity contribution in [2.75, 3.05) is 13.7 Å². The Morgan fingerprint density at radius 3 is 2.33 bits per heavy atom. The maximum atomic E-state index is 13.8. The molecule has 1 unspecified atom stereocenters. The van der Waals surface area contributed by atoms with E-state index in [1.165, 1.54) is 7.11 Å². The van der Waals surface area contributed by atoms with Crippen molar-refractivity contribution in [3.63, 3.8) is 0 Å². The van der Waals surface area contributed by atoms with Crippen LogP contribution in [0, 0.1) is 5.92 Å². The van der Waals surface area contributed by atoms with Gasteiger partial charge in [0.1, 0.15) is 54.9 Å². The number of aliphatic hydroxyl groups is 2. The van der Waals surface area contributed by atoms with E-state index in [-0.39, 0.29) is 67.3 Å². The average Bonchev–Trinajstić information content (AvgIpc) is 3.69. The lowest BCUT2D eigenvalue weighted by Gasteiger charge is -2.47. The van der Waals surface area contributed by atoms with Crippen LogP contribution in [0.25, 0.3) is 0 Å². The molecule has 0 saturated carbocycles. The molecule has 19 atom stereocenters. The Hall–Kier alpha value is -1.49. The smallest absolute Gasteiger partial charge is 0.308 e. The van der Waals surface area contributed by atoms with Crippen molar-refractivity contribution in [1.82, 2.24) is 0 Å². The van der Waals surface area contributed by atoms with Gasteiger partial charge >= 0.3 is 5.97 Å². The van der Waals surface area contributed by atoms with Crippen LogP contribution in [0.2, 0.25) is 0 Å². The van der Waals surface area contributed by atoms with Crippen LogP contribution in [0.4, 0.5) is 0 Å². The molecule has 0 aromatic carbocycles. The molecule has 10 heterocycles. The van der Waals surface area contributed by atoms with Gasteiger partial charge in [0.25, 0.3) is 0 Å². The van der Waals surface area contributed by atoms with Gasteiger partial charge in [-0.25, -0.2) is 0 Å². The average molecular weight is 719 g/mol. The molecule has 0 aliphatic carbocycles. The monoisotopic (exact) mass is 718 g/mol. The molecule has 284 valence electrons. The fraction of sp³-hybridized carbons (Fsp3) is 0.868. The molecule has 2 N–H and O–H groups in total. The standard InChI is InChI=1S/C38H54O13/c1-17-11-20-5-7-23-18(2)12-22(43-23)9-10-38-15-27-33(50-38)35-36(48-27)37(51-38)31-24(47-35)8-6-21(45-31)13-29(40)49-32-26(14-25(44-20)19(17)3)46-28(16-39)30(41)34(32)42-4/h17,20-28,30-37,39,41H,2-3,5-16H2,1,4H3/t17-,20+,21-,22+,23+,24+,25-,26+,27+,28+,30-,31+,32+,33+,34+,35?,36-,37+,38+/m1/s1. The highest BCUT2D eigenvalue weighted by Crippen LogP contribution is 2.54. The number of rotatable bonds is 2. The van der Waals surface area contributed by atoms with E-state index >= 15 is 0 Å². The van der Waals surface area contributed by atoms with Crippen LogP contribution in [0.1, 0.15) is 77.6 Å². The number of ether oxygens (including phenoxy) is 10. The lowest BCUT2D eigenvalue weighted by Crippen LogP contribution is -2.62. The highest BCUT2D eigenvalue weighted by molar-refractivity contribution is 5.70. The summed E-state index contributed by atoms with van der Waals surface area (Å²) in [6.07, 6.45) is -0.578. The molecule has 12 bridgehead atoms.